The predicted octanol–water partition coefficient (Wildman–Crippen LogP) is 2.22. The van der Waals surface area contributed by atoms with Crippen molar-refractivity contribution in [2.75, 3.05) is 20.3 Å². The lowest BCUT2D eigenvalue weighted by molar-refractivity contribution is -0.385. The molecule has 0 radical (unpaired) electrons. The van der Waals surface area contributed by atoms with Crippen LogP contribution in [0.3, 0.4) is 0 Å². The molecule has 1 aliphatic heterocycles. The Balaban J connectivity index is 2.00. The second kappa shape index (κ2) is 9.64. The molecular formula is C20H19N3O9. The van der Waals surface area contributed by atoms with Crippen molar-refractivity contribution in [1.82, 2.24) is 10.6 Å². The molecule has 2 N–H and O–H groups in total. The van der Waals surface area contributed by atoms with Crippen LogP contribution in [0.2, 0.25) is 0 Å². The molecule has 0 aliphatic carbocycles. The Kier molecular flexibility index (Phi) is 6.73. The number of carbonyl (C=O) groups excluding carboxylic acids is 3. The number of urea groups is 1. The Morgan fingerprint density at radius 1 is 1.25 bits per heavy atom. The Morgan fingerprint density at radius 2 is 2.03 bits per heavy atom. The number of hydrogen-bond donors (Lipinski definition) is 2. The van der Waals surface area contributed by atoms with Crippen molar-refractivity contribution in [3.8, 4) is 5.75 Å². The molecule has 0 bridgehead atoms. The number of nitro benzene ring substituents is 1. The molecule has 168 valence electrons. The summed E-state index contributed by atoms with van der Waals surface area (Å²) in [6.45, 7) is 1.25. The molecule has 1 aromatic carbocycles. The summed E-state index contributed by atoms with van der Waals surface area (Å²) in [5.41, 5.74) is -0.367. The van der Waals surface area contributed by atoms with Crippen LogP contribution in [0.25, 0.3) is 0 Å². The molecule has 1 aliphatic rings. The van der Waals surface area contributed by atoms with Crippen LogP contribution in [0.15, 0.2) is 52.3 Å². The van der Waals surface area contributed by atoms with Gasteiger partial charge in [-0.05, 0) is 25.1 Å². The van der Waals surface area contributed by atoms with Gasteiger partial charge < -0.3 is 29.3 Å². The molecule has 0 fully saturated rings. The van der Waals surface area contributed by atoms with Gasteiger partial charge in [-0.2, -0.15) is 0 Å². The molecule has 12 nitrogen and oxygen atoms in total. The second-order valence-electron chi connectivity index (χ2n) is 6.38. The highest BCUT2D eigenvalue weighted by Crippen LogP contribution is 2.31. The highest BCUT2D eigenvalue weighted by Gasteiger charge is 2.35. The van der Waals surface area contributed by atoms with Crippen LogP contribution in [0, 0.1) is 10.1 Å². The van der Waals surface area contributed by atoms with Gasteiger partial charge in [0.05, 0.1) is 41.7 Å². The lowest BCUT2D eigenvalue weighted by atomic mass is 10.0. The number of nitrogens with one attached hydrogen (secondary N) is 2. The van der Waals surface area contributed by atoms with Gasteiger partial charge in [-0.25, -0.2) is 14.4 Å². The predicted molar refractivity (Wildman–Crippen MR) is 107 cm³/mol. The number of nitro groups is 1. The van der Waals surface area contributed by atoms with E-state index >= 15 is 0 Å². The van der Waals surface area contributed by atoms with E-state index < -0.39 is 41.2 Å². The Morgan fingerprint density at radius 3 is 2.66 bits per heavy atom. The lowest BCUT2D eigenvalue weighted by Gasteiger charge is -2.27. The maximum atomic E-state index is 12.7. The minimum Gasteiger partial charge on any atom is -0.480 e. The molecule has 2 amide bonds. The van der Waals surface area contributed by atoms with Crippen LogP contribution in [-0.2, 0) is 14.3 Å². The van der Waals surface area contributed by atoms with Crippen LogP contribution in [0.5, 0.6) is 5.75 Å². The standard InChI is InChI=1S/C20H19N3O9/c1-3-30-19(25)16-12(21-20(26)22-17(16)14-5-4-8-31-14)10-32-15-9-11(18(24)29-2)6-7-13(15)23(27)28/h4-9,17H,3,10H2,1-2H3,(H2,21,22,26). The smallest absolute Gasteiger partial charge is 0.338 e. The number of ether oxygens (including phenoxy) is 3. The molecule has 0 saturated heterocycles. The van der Waals surface area contributed by atoms with E-state index in [0.717, 1.165) is 12.1 Å². The Labute approximate surface area is 181 Å². The minimum atomic E-state index is -0.965. The van der Waals surface area contributed by atoms with Crippen molar-refractivity contribution < 1.29 is 37.9 Å². The fourth-order valence-electron chi connectivity index (χ4n) is 3.03. The summed E-state index contributed by atoms with van der Waals surface area (Å²) in [6, 6.07) is 5.00. The van der Waals surface area contributed by atoms with Gasteiger partial charge in [-0.1, -0.05) is 0 Å². The number of nitrogens with zero attached hydrogens (tertiary/aromatic N) is 1. The van der Waals surface area contributed by atoms with Gasteiger partial charge in [0.25, 0.3) is 0 Å². The maximum absolute atomic E-state index is 12.7. The topological polar surface area (TPSA) is 159 Å². The van der Waals surface area contributed by atoms with Crippen LogP contribution in [0.1, 0.15) is 29.1 Å². The third kappa shape index (κ3) is 4.69. The number of carbonyl (C=O) groups is 3. The van der Waals surface area contributed by atoms with E-state index in [-0.39, 0.29) is 35.0 Å². The molecule has 12 heteroatoms. The lowest BCUT2D eigenvalue weighted by Crippen LogP contribution is -2.47. The van der Waals surface area contributed by atoms with Crippen molar-refractivity contribution in [3.63, 3.8) is 0 Å². The third-order valence-corrected chi connectivity index (χ3v) is 4.43. The molecule has 2 aromatic rings. The van der Waals surface area contributed by atoms with Gasteiger partial charge in [0, 0.05) is 12.1 Å². The first-order valence-corrected chi connectivity index (χ1v) is 9.36. The average molecular weight is 445 g/mol. The van der Waals surface area contributed by atoms with Crippen molar-refractivity contribution in [3.05, 3.63) is 69.3 Å². The van der Waals surface area contributed by atoms with Gasteiger partial charge in [0.2, 0.25) is 0 Å². The minimum absolute atomic E-state index is 0.00757. The zero-order chi connectivity index (χ0) is 23.3. The van der Waals surface area contributed by atoms with Crippen molar-refractivity contribution in [2.24, 2.45) is 0 Å². The van der Waals surface area contributed by atoms with Crippen molar-refractivity contribution in [2.45, 2.75) is 13.0 Å². The molecule has 1 unspecified atom stereocenters. The zero-order valence-corrected chi connectivity index (χ0v) is 17.1. The van der Waals surface area contributed by atoms with E-state index in [0.29, 0.717) is 0 Å². The van der Waals surface area contributed by atoms with E-state index in [4.69, 9.17) is 13.9 Å². The number of amides is 2. The summed E-state index contributed by atoms with van der Waals surface area (Å²) in [6.07, 6.45) is 1.38. The summed E-state index contributed by atoms with van der Waals surface area (Å²) in [7, 11) is 1.17. The van der Waals surface area contributed by atoms with E-state index in [1.165, 1.54) is 19.4 Å². The summed E-state index contributed by atoms with van der Waals surface area (Å²) in [4.78, 5) is 47.3. The molecular weight excluding hydrogens is 426 g/mol. The summed E-state index contributed by atoms with van der Waals surface area (Å²) in [5, 5.41) is 16.4. The van der Waals surface area contributed by atoms with Crippen LogP contribution >= 0.6 is 0 Å². The third-order valence-electron chi connectivity index (χ3n) is 4.43. The summed E-state index contributed by atoms with van der Waals surface area (Å²) >= 11 is 0. The Bertz CT molecular complexity index is 1080. The summed E-state index contributed by atoms with van der Waals surface area (Å²) in [5.74, 6) is -1.43. The van der Waals surface area contributed by atoms with E-state index in [9.17, 15) is 24.5 Å². The number of methoxy groups -OCH3 is 1. The molecule has 3 rings (SSSR count). The van der Waals surface area contributed by atoms with Gasteiger partial charge in [0.15, 0.2) is 5.75 Å². The molecule has 0 spiro atoms. The van der Waals surface area contributed by atoms with E-state index in [1.54, 1.807) is 19.1 Å². The second-order valence-corrected chi connectivity index (χ2v) is 6.38. The highest BCUT2D eigenvalue weighted by molar-refractivity contribution is 5.95. The number of esters is 2. The normalized spacial score (nSPS) is 15.4. The molecule has 1 aromatic heterocycles. The van der Waals surface area contributed by atoms with Crippen LogP contribution < -0.4 is 15.4 Å². The Hall–Kier alpha value is -4.35. The fourth-order valence-corrected chi connectivity index (χ4v) is 3.03. The van der Waals surface area contributed by atoms with Gasteiger partial charge >= 0.3 is 23.7 Å². The van der Waals surface area contributed by atoms with Gasteiger partial charge in [0.1, 0.15) is 18.4 Å². The van der Waals surface area contributed by atoms with Crippen LogP contribution in [-0.4, -0.2) is 43.2 Å². The van der Waals surface area contributed by atoms with E-state index in [2.05, 4.69) is 15.4 Å². The molecule has 32 heavy (non-hydrogen) atoms. The first-order chi connectivity index (χ1) is 15.3. The van der Waals surface area contributed by atoms with Crippen LogP contribution in [0.4, 0.5) is 10.5 Å². The van der Waals surface area contributed by atoms with Crippen molar-refractivity contribution in [1.29, 1.82) is 0 Å². The maximum Gasteiger partial charge on any atom is 0.338 e. The van der Waals surface area contributed by atoms with E-state index in [1.807, 2.05) is 0 Å². The van der Waals surface area contributed by atoms with Gasteiger partial charge in [-0.15, -0.1) is 0 Å². The summed E-state index contributed by atoms with van der Waals surface area (Å²) < 4.78 is 20.6. The van der Waals surface area contributed by atoms with Crippen molar-refractivity contribution >= 4 is 23.7 Å². The average Bonchev–Trinajstić information content (AvgIpc) is 3.31. The first kappa shape index (κ1) is 22.3. The fraction of sp³-hybridized carbons (Fsp3) is 0.250. The number of rotatable bonds is 8. The number of furan rings is 1. The highest BCUT2D eigenvalue weighted by atomic mass is 16.6. The zero-order valence-electron chi connectivity index (χ0n) is 17.1. The molecule has 2 heterocycles. The quantitative estimate of drug-likeness (QED) is 0.353. The SMILES string of the molecule is CCOC(=O)C1=C(COc2cc(C(=O)OC)ccc2[N+](=O)[O-])NC(=O)NC1c1ccco1. The molecule has 1 atom stereocenters. The monoisotopic (exact) mass is 445 g/mol. The number of benzene rings is 1. The molecule has 0 saturated carbocycles. The number of hydrogen-bond acceptors (Lipinski definition) is 9. The first-order valence-electron chi connectivity index (χ1n) is 9.36. The largest absolute Gasteiger partial charge is 0.480 e. The van der Waals surface area contributed by atoms with Gasteiger partial charge in [-0.3, -0.25) is 10.1 Å².